The molecule has 10 nitrogen and oxygen atoms in total. The van der Waals surface area contributed by atoms with E-state index in [-0.39, 0.29) is 5.91 Å². The van der Waals surface area contributed by atoms with Crippen molar-refractivity contribution in [2.24, 2.45) is 0 Å². The molecule has 1 amide bonds. The van der Waals surface area contributed by atoms with Crippen molar-refractivity contribution in [1.82, 2.24) is 19.7 Å². The minimum atomic E-state index is 0.244. The minimum absolute atomic E-state index is 0.244. The van der Waals surface area contributed by atoms with Gasteiger partial charge in [0.15, 0.2) is 5.76 Å². The number of benzene rings is 1. The van der Waals surface area contributed by atoms with Crippen molar-refractivity contribution in [3.63, 3.8) is 0 Å². The number of para-hydroxylation sites is 1. The third-order valence-electron chi connectivity index (χ3n) is 5.86. The standard InChI is InChI=1S/C24H30IN5O4S2.C2H6O/c1-17-10-11-20(34-17)23-26-27-24(30(23)22-18(32-2)7-6-8-19(22)33-3)29(14-15-35-25)36-16-13-28-12-5-4-9-21(28)31;1-3-2/h6-8,10-11H,4-5,9,12-16H2,1-3H3;1-2H3. The van der Waals surface area contributed by atoms with Crippen LogP contribution in [0.1, 0.15) is 25.0 Å². The number of anilines is 1. The van der Waals surface area contributed by atoms with E-state index in [1.807, 2.05) is 46.7 Å². The van der Waals surface area contributed by atoms with Crippen LogP contribution in [0.15, 0.2) is 34.7 Å². The van der Waals surface area contributed by atoms with Gasteiger partial charge in [0.2, 0.25) is 17.7 Å². The van der Waals surface area contributed by atoms with Gasteiger partial charge in [0.1, 0.15) is 22.9 Å². The van der Waals surface area contributed by atoms with Crippen LogP contribution in [0.3, 0.4) is 0 Å². The average Bonchev–Trinajstić information content (AvgIpc) is 3.57. The van der Waals surface area contributed by atoms with E-state index in [1.165, 1.54) is 0 Å². The van der Waals surface area contributed by atoms with Crippen molar-refractivity contribution in [2.45, 2.75) is 26.2 Å². The third-order valence-corrected chi connectivity index (χ3v) is 8.54. The maximum atomic E-state index is 12.3. The number of rotatable bonds is 12. The first-order chi connectivity index (χ1) is 19.0. The zero-order valence-corrected chi connectivity index (χ0v) is 26.8. The molecule has 214 valence electrons. The number of likely N-dealkylation sites (tertiary alicyclic amines) is 1. The maximum Gasteiger partial charge on any atom is 0.242 e. The lowest BCUT2D eigenvalue weighted by Gasteiger charge is -2.28. The maximum absolute atomic E-state index is 12.3. The summed E-state index contributed by atoms with van der Waals surface area (Å²) < 4.78 is 25.7. The number of aryl methyl sites for hydroxylation is 1. The molecule has 4 rings (SSSR count). The van der Waals surface area contributed by atoms with Gasteiger partial charge in [-0.15, -0.1) is 10.2 Å². The molecule has 39 heavy (non-hydrogen) atoms. The number of carbonyl (C=O) groups excluding carboxylic acids is 1. The lowest BCUT2D eigenvalue weighted by atomic mass is 10.1. The van der Waals surface area contributed by atoms with Crippen molar-refractivity contribution in [3.8, 4) is 28.8 Å². The van der Waals surface area contributed by atoms with Crippen LogP contribution in [-0.4, -0.2) is 85.2 Å². The van der Waals surface area contributed by atoms with Crippen molar-refractivity contribution in [1.29, 1.82) is 0 Å². The molecule has 0 aliphatic carbocycles. The second-order valence-electron chi connectivity index (χ2n) is 8.58. The second kappa shape index (κ2) is 16.2. The molecule has 1 aromatic carbocycles. The number of hydrogen-bond donors (Lipinski definition) is 0. The fourth-order valence-electron chi connectivity index (χ4n) is 4.11. The highest BCUT2D eigenvalue weighted by Gasteiger charge is 2.27. The van der Waals surface area contributed by atoms with Crippen LogP contribution in [0.25, 0.3) is 17.3 Å². The Morgan fingerprint density at radius 3 is 2.36 bits per heavy atom. The number of methoxy groups -OCH3 is 3. The van der Waals surface area contributed by atoms with Crippen molar-refractivity contribution >= 4 is 53.9 Å². The van der Waals surface area contributed by atoms with Crippen LogP contribution in [0.4, 0.5) is 5.95 Å². The third kappa shape index (κ3) is 8.21. The highest BCUT2D eigenvalue weighted by Crippen LogP contribution is 2.39. The van der Waals surface area contributed by atoms with E-state index < -0.39 is 0 Å². The number of piperidine rings is 1. The zero-order chi connectivity index (χ0) is 28.2. The Kier molecular flexibility index (Phi) is 13.1. The van der Waals surface area contributed by atoms with E-state index >= 15 is 0 Å². The lowest BCUT2D eigenvalue weighted by Crippen LogP contribution is -2.37. The van der Waals surface area contributed by atoms with Crippen LogP contribution in [-0.2, 0) is 9.53 Å². The van der Waals surface area contributed by atoms with Gasteiger partial charge in [-0.05, 0) is 77.2 Å². The monoisotopic (exact) mass is 689 g/mol. The van der Waals surface area contributed by atoms with Crippen molar-refractivity contribution in [2.75, 3.05) is 63.9 Å². The molecule has 13 heteroatoms. The Balaban J connectivity index is 0.00000134. The van der Waals surface area contributed by atoms with E-state index in [1.54, 1.807) is 49.3 Å². The number of ether oxygens (including phenoxy) is 3. The van der Waals surface area contributed by atoms with Gasteiger partial charge in [-0.25, -0.2) is 0 Å². The number of furan rings is 1. The summed E-state index contributed by atoms with van der Waals surface area (Å²) >= 11 is 3.95. The number of halogens is 1. The largest absolute Gasteiger partial charge is 0.494 e. The number of carbonyl (C=O) groups is 1. The van der Waals surface area contributed by atoms with Crippen LogP contribution >= 0.6 is 42.1 Å². The normalized spacial score (nSPS) is 13.2. The summed E-state index contributed by atoms with van der Waals surface area (Å²) in [4.78, 5) is 14.3. The molecule has 3 aromatic rings. The summed E-state index contributed by atoms with van der Waals surface area (Å²) in [6.07, 6.45) is 2.70. The van der Waals surface area contributed by atoms with Crippen LogP contribution in [0, 0.1) is 6.92 Å². The Hall–Kier alpha value is -2.10. The summed E-state index contributed by atoms with van der Waals surface area (Å²) in [5.41, 5.74) is 0.700. The predicted octanol–water partition coefficient (Wildman–Crippen LogP) is 5.67. The summed E-state index contributed by atoms with van der Waals surface area (Å²) in [6.45, 7) is 4.17. The smallest absolute Gasteiger partial charge is 0.242 e. The molecule has 1 saturated heterocycles. The topological polar surface area (TPSA) is 95.1 Å². The first-order valence-electron chi connectivity index (χ1n) is 12.5. The number of amides is 1. The van der Waals surface area contributed by atoms with E-state index in [0.717, 1.165) is 43.2 Å². The van der Waals surface area contributed by atoms with Gasteiger partial charge >= 0.3 is 0 Å². The summed E-state index contributed by atoms with van der Waals surface area (Å²) in [5, 5.41) is 9.16. The summed E-state index contributed by atoms with van der Waals surface area (Å²) in [5.74, 6) is 5.73. The van der Waals surface area contributed by atoms with Crippen LogP contribution in [0.2, 0.25) is 0 Å². The van der Waals surface area contributed by atoms with Crippen molar-refractivity contribution < 1.29 is 23.4 Å². The zero-order valence-electron chi connectivity index (χ0n) is 23.0. The first kappa shape index (κ1) is 31.4. The van der Waals surface area contributed by atoms with E-state index in [2.05, 4.69) is 40.4 Å². The predicted molar refractivity (Wildman–Crippen MR) is 167 cm³/mol. The van der Waals surface area contributed by atoms with Gasteiger partial charge in [-0.1, -0.05) is 15.0 Å². The Labute approximate surface area is 250 Å². The van der Waals surface area contributed by atoms with Gasteiger partial charge in [0.25, 0.3) is 0 Å². The Bertz CT molecular complexity index is 1170. The number of aromatic nitrogens is 3. The quantitative estimate of drug-likeness (QED) is 0.175. The Morgan fingerprint density at radius 2 is 1.77 bits per heavy atom. The molecule has 0 unspecified atom stereocenters. The fourth-order valence-corrected chi connectivity index (χ4v) is 6.04. The fraction of sp³-hybridized carbons (Fsp3) is 0.500. The number of nitrogens with zero attached hydrogens (tertiary/aromatic N) is 5. The molecule has 0 spiro atoms. The first-order valence-corrected chi connectivity index (χ1v) is 17.0. The molecule has 1 aliphatic heterocycles. The SMILES string of the molecule is COC.COc1cccc(OC)c1-n1c(-c2ccc(C)o2)nnc1N(CCSI)SCCN1CCCCC1=O. The molecule has 0 radical (unpaired) electrons. The van der Waals surface area contributed by atoms with Crippen molar-refractivity contribution in [3.05, 3.63) is 36.1 Å². The number of hydrogen-bond acceptors (Lipinski definition) is 10. The van der Waals surface area contributed by atoms with E-state index in [9.17, 15) is 4.79 Å². The van der Waals surface area contributed by atoms with Crippen LogP contribution < -0.4 is 13.8 Å². The minimum Gasteiger partial charge on any atom is -0.494 e. The highest BCUT2D eigenvalue weighted by molar-refractivity contribution is 14.2. The van der Waals surface area contributed by atoms with E-state index in [4.69, 9.17) is 13.9 Å². The lowest BCUT2D eigenvalue weighted by molar-refractivity contribution is -0.132. The molecule has 0 saturated carbocycles. The van der Waals surface area contributed by atoms with Gasteiger partial charge in [-0.2, -0.15) is 0 Å². The van der Waals surface area contributed by atoms with Gasteiger partial charge in [0, 0.05) is 51.8 Å². The van der Waals surface area contributed by atoms with Gasteiger partial charge in [0.05, 0.1) is 14.2 Å². The molecular formula is C26H36IN5O5S2. The van der Waals surface area contributed by atoms with Crippen LogP contribution in [0.5, 0.6) is 11.5 Å². The molecule has 1 aliphatic rings. The summed E-state index contributed by atoms with van der Waals surface area (Å²) in [7, 11) is 8.25. The molecule has 3 heterocycles. The average molecular weight is 690 g/mol. The van der Waals surface area contributed by atoms with Gasteiger partial charge < -0.3 is 23.5 Å². The molecule has 0 atom stereocenters. The molecular weight excluding hydrogens is 653 g/mol. The molecule has 0 N–H and O–H groups in total. The molecule has 0 bridgehead atoms. The van der Waals surface area contributed by atoms with Gasteiger partial charge in [-0.3, -0.25) is 13.7 Å². The molecule has 1 fully saturated rings. The van der Waals surface area contributed by atoms with E-state index in [0.29, 0.717) is 47.7 Å². The highest BCUT2D eigenvalue weighted by atomic mass is 127. The Morgan fingerprint density at radius 1 is 1.05 bits per heavy atom. The molecule has 2 aromatic heterocycles. The summed E-state index contributed by atoms with van der Waals surface area (Å²) in [6, 6.07) is 9.46. The second-order valence-corrected chi connectivity index (χ2v) is 12.2.